The van der Waals surface area contributed by atoms with Gasteiger partial charge in [0.15, 0.2) is 5.11 Å². The summed E-state index contributed by atoms with van der Waals surface area (Å²) in [6.07, 6.45) is 2.70. The van der Waals surface area contributed by atoms with E-state index in [-0.39, 0.29) is 6.04 Å². The molecule has 6 rings (SSSR count). The summed E-state index contributed by atoms with van der Waals surface area (Å²) in [6.45, 7) is 2.90. The molecule has 1 aliphatic heterocycles. The maximum Gasteiger partial charge on any atom is 0.187 e. The topological polar surface area (TPSA) is 47.5 Å². The Balaban J connectivity index is 1.57. The van der Waals surface area contributed by atoms with Crippen molar-refractivity contribution in [1.29, 1.82) is 0 Å². The third-order valence-electron chi connectivity index (χ3n) is 6.04. The van der Waals surface area contributed by atoms with Crippen molar-refractivity contribution in [3.05, 3.63) is 90.1 Å². The third kappa shape index (κ3) is 3.48. The fourth-order valence-corrected chi connectivity index (χ4v) is 6.04. The minimum atomic E-state index is -0.118. The number of imidazole rings is 1. The zero-order chi connectivity index (χ0) is 23.1. The lowest BCUT2D eigenvalue weighted by Gasteiger charge is -2.24. The van der Waals surface area contributed by atoms with Crippen molar-refractivity contribution >= 4 is 67.0 Å². The average molecular weight is 482 g/mol. The summed E-state index contributed by atoms with van der Waals surface area (Å²) >= 11 is 7.97. The highest BCUT2D eigenvalue weighted by atomic mass is 32.1. The molecule has 0 radical (unpaired) electrons. The van der Waals surface area contributed by atoms with Crippen molar-refractivity contribution in [3.8, 4) is 0 Å². The van der Waals surface area contributed by atoms with E-state index in [9.17, 15) is 0 Å². The van der Waals surface area contributed by atoms with E-state index in [2.05, 4.69) is 87.4 Å². The maximum absolute atomic E-state index is 6.16. The Morgan fingerprint density at radius 1 is 1.00 bits per heavy atom. The van der Waals surface area contributed by atoms with Crippen LogP contribution in [0.5, 0.6) is 0 Å². The number of aliphatic imine (C=N–C) groups is 1. The molecule has 1 atom stereocenters. The minimum Gasteiger partial charge on any atom is -0.345 e. The molecule has 34 heavy (non-hydrogen) atoms. The van der Waals surface area contributed by atoms with Gasteiger partial charge in [-0.05, 0) is 66.5 Å². The van der Waals surface area contributed by atoms with Crippen LogP contribution < -0.4 is 9.80 Å². The van der Waals surface area contributed by atoms with Crippen molar-refractivity contribution in [2.45, 2.75) is 19.4 Å². The average Bonchev–Trinajstić information content (AvgIpc) is 3.57. The van der Waals surface area contributed by atoms with Crippen molar-refractivity contribution in [3.63, 3.8) is 0 Å². The molecule has 1 N–H and O–H groups in total. The lowest BCUT2D eigenvalue weighted by molar-refractivity contribution is 0.902. The first-order valence-electron chi connectivity index (χ1n) is 11.4. The Hall–Kier alpha value is -3.55. The molecule has 1 fully saturated rings. The van der Waals surface area contributed by atoms with Gasteiger partial charge in [0.1, 0.15) is 11.9 Å². The van der Waals surface area contributed by atoms with Crippen molar-refractivity contribution in [1.82, 2.24) is 9.97 Å². The summed E-state index contributed by atoms with van der Waals surface area (Å²) in [5.41, 5.74) is 3.96. The van der Waals surface area contributed by atoms with E-state index in [1.54, 1.807) is 17.7 Å². The first kappa shape index (κ1) is 21.0. The second-order valence-corrected chi connectivity index (χ2v) is 9.74. The summed E-state index contributed by atoms with van der Waals surface area (Å²) in [5.74, 6) is 0.965. The van der Waals surface area contributed by atoms with Crippen molar-refractivity contribution < 1.29 is 0 Å². The number of nitrogens with one attached hydrogen (secondary N) is 1. The number of nitrogens with zero attached hydrogens (tertiary/aromatic N) is 4. The predicted octanol–water partition coefficient (Wildman–Crippen LogP) is 6.94. The standard InChI is InChI=1S/C27H23N5S2/c1-2-14-28-26-25(24-15-18-8-6-7-11-23(18)34-24)31(20-12-13-21-22(16-20)30-17-29-21)27(33)32(26)19-9-4-3-5-10-19/h3-13,15-17,25H,2,14H2,1H3,(H,29,30). The fourth-order valence-electron chi connectivity index (χ4n) is 4.48. The number of hydrogen-bond donors (Lipinski definition) is 1. The predicted molar refractivity (Wildman–Crippen MR) is 147 cm³/mol. The van der Waals surface area contributed by atoms with Crippen LogP contribution in [-0.2, 0) is 0 Å². The van der Waals surface area contributed by atoms with Crippen LogP contribution in [0.4, 0.5) is 11.4 Å². The van der Waals surface area contributed by atoms with E-state index >= 15 is 0 Å². The van der Waals surface area contributed by atoms with Gasteiger partial charge < -0.3 is 9.88 Å². The van der Waals surface area contributed by atoms with Gasteiger partial charge in [0.05, 0.1) is 17.4 Å². The lowest BCUT2D eigenvalue weighted by Crippen LogP contribution is -2.33. The summed E-state index contributed by atoms with van der Waals surface area (Å²) in [5, 5.41) is 1.96. The molecule has 2 aromatic heterocycles. The van der Waals surface area contributed by atoms with Crippen molar-refractivity contribution in [2.24, 2.45) is 4.99 Å². The van der Waals surface area contributed by atoms with E-state index in [0.29, 0.717) is 0 Å². The molecule has 5 aromatic rings. The highest BCUT2D eigenvalue weighted by Crippen LogP contribution is 2.43. The molecule has 0 saturated carbocycles. The zero-order valence-electron chi connectivity index (χ0n) is 18.7. The van der Waals surface area contributed by atoms with Gasteiger partial charge in [-0.25, -0.2) is 4.98 Å². The molecule has 1 saturated heterocycles. The molecule has 1 unspecified atom stereocenters. The van der Waals surface area contributed by atoms with Crippen LogP contribution >= 0.6 is 23.6 Å². The first-order chi connectivity index (χ1) is 16.7. The monoisotopic (exact) mass is 481 g/mol. The number of thiophene rings is 1. The molecule has 168 valence electrons. The smallest absolute Gasteiger partial charge is 0.187 e. The number of amidine groups is 1. The van der Waals surface area contributed by atoms with Gasteiger partial charge in [-0.2, -0.15) is 0 Å². The molecular weight excluding hydrogens is 458 g/mol. The molecule has 0 spiro atoms. The molecule has 0 aliphatic carbocycles. The Kier molecular flexibility index (Phi) is 5.36. The number of benzene rings is 3. The normalized spacial score (nSPS) is 17.5. The van der Waals surface area contributed by atoms with Crippen LogP contribution in [0, 0.1) is 0 Å². The SMILES string of the molecule is CCCN=C1C(c2cc3ccccc3s2)N(c2ccc3[nH]cnc3c2)C(=S)N1c1ccccc1. The molecular formula is C27H23N5S2. The van der Waals surface area contributed by atoms with Gasteiger partial charge in [-0.1, -0.05) is 43.3 Å². The first-order valence-corrected chi connectivity index (χ1v) is 12.6. The van der Waals surface area contributed by atoms with Crippen LogP contribution in [0.1, 0.15) is 24.3 Å². The van der Waals surface area contributed by atoms with Crippen LogP contribution in [0.25, 0.3) is 21.1 Å². The number of thiocarbonyl (C=S) groups is 1. The minimum absolute atomic E-state index is 0.118. The number of fused-ring (bicyclic) bond motifs is 2. The van der Waals surface area contributed by atoms with E-state index < -0.39 is 0 Å². The van der Waals surface area contributed by atoms with Gasteiger partial charge in [-0.3, -0.25) is 9.89 Å². The van der Waals surface area contributed by atoms with E-state index in [1.165, 1.54) is 15.0 Å². The maximum atomic E-state index is 6.16. The van der Waals surface area contributed by atoms with Gasteiger partial charge in [0.25, 0.3) is 0 Å². The quantitative estimate of drug-likeness (QED) is 0.276. The van der Waals surface area contributed by atoms with E-state index in [1.807, 2.05) is 18.2 Å². The number of para-hydroxylation sites is 1. The number of hydrogen-bond acceptors (Lipinski definition) is 4. The number of H-pyrrole nitrogens is 1. The van der Waals surface area contributed by atoms with E-state index in [0.717, 1.165) is 46.3 Å². The van der Waals surface area contributed by atoms with Crippen molar-refractivity contribution in [2.75, 3.05) is 16.3 Å². The second kappa shape index (κ2) is 8.66. The van der Waals surface area contributed by atoms with Gasteiger partial charge in [0, 0.05) is 27.5 Å². The van der Waals surface area contributed by atoms with Gasteiger partial charge in [0.2, 0.25) is 0 Å². The second-order valence-electron chi connectivity index (χ2n) is 8.26. The number of anilines is 2. The molecule has 3 aromatic carbocycles. The third-order valence-corrected chi connectivity index (χ3v) is 7.59. The van der Waals surface area contributed by atoms with Gasteiger partial charge in [-0.15, -0.1) is 11.3 Å². The van der Waals surface area contributed by atoms with E-state index in [4.69, 9.17) is 17.2 Å². The highest BCUT2D eigenvalue weighted by molar-refractivity contribution is 7.81. The Morgan fingerprint density at radius 3 is 2.65 bits per heavy atom. The molecule has 1 aliphatic rings. The Morgan fingerprint density at radius 2 is 1.82 bits per heavy atom. The van der Waals surface area contributed by atoms with Crippen LogP contribution in [-0.4, -0.2) is 27.5 Å². The molecule has 0 amide bonds. The fraction of sp³-hybridized carbons (Fsp3) is 0.148. The van der Waals surface area contributed by atoms with Gasteiger partial charge >= 0.3 is 0 Å². The summed E-state index contributed by atoms with van der Waals surface area (Å²) < 4.78 is 1.26. The zero-order valence-corrected chi connectivity index (χ0v) is 20.3. The summed E-state index contributed by atoms with van der Waals surface area (Å²) in [7, 11) is 0. The summed E-state index contributed by atoms with van der Waals surface area (Å²) in [4.78, 5) is 18.4. The molecule has 7 heteroatoms. The van der Waals surface area contributed by atoms with Crippen LogP contribution in [0.15, 0.2) is 90.2 Å². The molecule has 5 nitrogen and oxygen atoms in total. The lowest BCUT2D eigenvalue weighted by atomic mass is 10.1. The molecule has 0 bridgehead atoms. The largest absolute Gasteiger partial charge is 0.345 e. The molecule has 3 heterocycles. The van der Waals surface area contributed by atoms with Crippen LogP contribution in [0.3, 0.4) is 0 Å². The van der Waals surface area contributed by atoms with Crippen LogP contribution in [0.2, 0.25) is 0 Å². The number of rotatable bonds is 5. The number of aromatic nitrogens is 2. The Labute approximate surface area is 207 Å². The highest BCUT2D eigenvalue weighted by Gasteiger charge is 2.44. The Bertz CT molecular complexity index is 1480. The summed E-state index contributed by atoms with van der Waals surface area (Å²) in [6, 6.07) is 27.3. The number of aromatic amines is 1.